The Bertz CT molecular complexity index is 640. The Kier molecular flexibility index (Phi) is 2.86. The Hall–Kier alpha value is -2.07. The number of nitrogens with one attached hydrogen (secondary N) is 1. The van der Waals surface area contributed by atoms with Crippen molar-refractivity contribution < 1.29 is 4.42 Å². The number of fused-ring (bicyclic) bond motifs is 1. The predicted octanol–water partition coefficient (Wildman–Crippen LogP) is 2.46. The van der Waals surface area contributed by atoms with Crippen molar-refractivity contribution in [2.24, 2.45) is 7.05 Å². The molecule has 2 aromatic heterocycles. The van der Waals surface area contributed by atoms with E-state index in [9.17, 15) is 0 Å². The molecule has 4 nitrogen and oxygen atoms in total. The van der Waals surface area contributed by atoms with E-state index in [1.54, 1.807) is 12.5 Å². The SMILES string of the molecule is Cn1nc(CNCc2ccoc2)c2ccccc21. The highest BCUT2D eigenvalue weighted by molar-refractivity contribution is 5.81. The van der Waals surface area contributed by atoms with Crippen LogP contribution in [0.3, 0.4) is 0 Å². The summed E-state index contributed by atoms with van der Waals surface area (Å²) in [5.74, 6) is 0. The van der Waals surface area contributed by atoms with Gasteiger partial charge in [0.1, 0.15) is 0 Å². The van der Waals surface area contributed by atoms with E-state index in [2.05, 4.69) is 22.5 Å². The van der Waals surface area contributed by atoms with Gasteiger partial charge in [0.05, 0.1) is 23.7 Å². The van der Waals surface area contributed by atoms with Crippen LogP contribution in [0.15, 0.2) is 47.3 Å². The van der Waals surface area contributed by atoms with Crippen LogP contribution >= 0.6 is 0 Å². The summed E-state index contributed by atoms with van der Waals surface area (Å²) in [6, 6.07) is 10.2. The van der Waals surface area contributed by atoms with Crippen LogP contribution in [0.25, 0.3) is 10.9 Å². The Labute approximate surface area is 105 Å². The molecule has 0 saturated heterocycles. The molecule has 0 radical (unpaired) electrons. The lowest BCUT2D eigenvalue weighted by Crippen LogP contribution is -2.12. The van der Waals surface area contributed by atoms with E-state index in [1.165, 1.54) is 5.39 Å². The van der Waals surface area contributed by atoms with E-state index in [0.29, 0.717) is 0 Å². The van der Waals surface area contributed by atoms with E-state index >= 15 is 0 Å². The third kappa shape index (κ3) is 2.02. The number of hydrogen-bond acceptors (Lipinski definition) is 3. The van der Waals surface area contributed by atoms with Gasteiger partial charge in [-0.25, -0.2) is 0 Å². The minimum atomic E-state index is 0.756. The molecule has 0 bridgehead atoms. The second-order valence-electron chi connectivity index (χ2n) is 4.32. The van der Waals surface area contributed by atoms with Crippen LogP contribution in [0.4, 0.5) is 0 Å². The van der Waals surface area contributed by atoms with Crippen LogP contribution in [0.1, 0.15) is 11.3 Å². The standard InChI is InChI=1S/C14H15N3O/c1-17-14-5-3-2-4-12(14)13(16-17)9-15-8-11-6-7-18-10-11/h2-7,10,15H,8-9H2,1H3. The molecule has 0 spiro atoms. The zero-order valence-corrected chi connectivity index (χ0v) is 10.3. The molecular formula is C14H15N3O. The molecule has 0 aliphatic heterocycles. The van der Waals surface area contributed by atoms with Gasteiger partial charge < -0.3 is 9.73 Å². The van der Waals surface area contributed by atoms with Gasteiger partial charge in [-0.05, 0) is 12.1 Å². The van der Waals surface area contributed by atoms with E-state index < -0.39 is 0 Å². The van der Waals surface area contributed by atoms with Crippen molar-refractivity contribution in [3.05, 3.63) is 54.1 Å². The summed E-state index contributed by atoms with van der Waals surface area (Å²) >= 11 is 0. The first kappa shape index (κ1) is 11.0. The van der Waals surface area contributed by atoms with Gasteiger partial charge in [0.15, 0.2) is 0 Å². The zero-order chi connectivity index (χ0) is 12.4. The van der Waals surface area contributed by atoms with Crippen LogP contribution in [0.5, 0.6) is 0 Å². The van der Waals surface area contributed by atoms with E-state index in [-0.39, 0.29) is 0 Å². The minimum Gasteiger partial charge on any atom is -0.472 e. The fourth-order valence-corrected chi connectivity index (χ4v) is 2.14. The summed E-state index contributed by atoms with van der Waals surface area (Å²) in [7, 11) is 1.97. The maximum atomic E-state index is 5.03. The van der Waals surface area contributed by atoms with Crippen molar-refractivity contribution in [3.63, 3.8) is 0 Å². The molecule has 0 aliphatic carbocycles. The van der Waals surface area contributed by atoms with Gasteiger partial charge in [-0.2, -0.15) is 5.10 Å². The summed E-state index contributed by atoms with van der Waals surface area (Å²) in [6.45, 7) is 1.55. The first-order chi connectivity index (χ1) is 8.84. The Morgan fingerprint density at radius 1 is 1.22 bits per heavy atom. The average Bonchev–Trinajstić information content (AvgIpc) is 3.00. The van der Waals surface area contributed by atoms with Crippen molar-refractivity contribution >= 4 is 10.9 Å². The van der Waals surface area contributed by atoms with E-state index in [0.717, 1.165) is 29.9 Å². The van der Waals surface area contributed by atoms with E-state index in [1.807, 2.05) is 29.9 Å². The molecule has 3 aromatic rings. The average molecular weight is 241 g/mol. The lowest BCUT2D eigenvalue weighted by Gasteiger charge is -2.00. The first-order valence-electron chi connectivity index (χ1n) is 5.97. The fourth-order valence-electron chi connectivity index (χ4n) is 2.14. The molecule has 0 amide bonds. The lowest BCUT2D eigenvalue weighted by atomic mass is 10.2. The quantitative estimate of drug-likeness (QED) is 0.763. The normalized spacial score (nSPS) is 11.2. The number of aryl methyl sites for hydroxylation is 1. The van der Waals surface area contributed by atoms with Gasteiger partial charge >= 0.3 is 0 Å². The maximum absolute atomic E-state index is 5.03. The highest BCUT2D eigenvalue weighted by Gasteiger charge is 2.06. The largest absolute Gasteiger partial charge is 0.472 e. The number of furan rings is 1. The molecule has 2 heterocycles. The molecule has 0 saturated carbocycles. The smallest absolute Gasteiger partial charge is 0.0947 e. The highest BCUT2D eigenvalue weighted by atomic mass is 16.3. The third-order valence-electron chi connectivity index (χ3n) is 3.04. The molecule has 1 aromatic carbocycles. The molecule has 0 fully saturated rings. The Morgan fingerprint density at radius 3 is 2.94 bits per heavy atom. The summed E-state index contributed by atoms with van der Waals surface area (Å²) in [5.41, 5.74) is 3.39. The van der Waals surface area contributed by atoms with Crippen LogP contribution in [-0.2, 0) is 20.1 Å². The molecule has 3 rings (SSSR count). The summed E-state index contributed by atoms with van der Waals surface area (Å²) in [6.07, 6.45) is 3.44. The molecule has 1 N–H and O–H groups in total. The number of hydrogen-bond donors (Lipinski definition) is 1. The van der Waals surface area contributed by atoms with Crippen molar-refractivity contribution in [2.75, 3.05) is 0 Å². The molecule has 0 aliphatic rings. The van der Waals surface area contributed by atoms with Gasteiger partial charge in [-0.3, -0.25) is 4.68 Å². The van der Waals surface area contributed by atoms with Gasteiger partial charge in [-0.15, -0.1) is 0 Å². The van der Waals surface area contributed by atoms with Crippen LogP contribution in [0.2, 0.25) is 0 Å². The lowest BCUT2D eigenvalue weighted by molar-refractivity contribution is 0.559. The third-order valence-corrected chi connectivity index (χ3v) is 3.04. The molecule has 0 atom stereocenters. The second kappa shape index (κ2) is 4.66. The molecule has 18 heavy (non-hydrogen) atoms. The molecule has 4 heteroatoms. The number of para-hydroxylation sites is 1. The number of aromatic nitrogens is 2. The van der Waals surface area contributed by atoms with Crippen molar-refractivity contribution in [3.8, 4) is 0 Å². The fraction of sp³-hybridized carbons (Fsp3) is 0.214. The van der Waals surface area contributed by atoms with Crippen LogP contribution in [0, 0.1) is 0 Å². The van der Waals surface area contributed by atoms with E-state index in [4.69, 9.17) is 4.42 Å². The zero-order valence-electron chi connectivity index (χ0n) is 10.3. The minimum absolute atomic E-state index is 0.756. The highest BCUT2D eigenvalue weighted by Crippen LogP contribution is 2.17. The number of benzene rings is 1. The van der Waals surface area contributed by atoms with Crippen molar-refractivity contribution in [1.29, 1.82) is 0 Å². The molecule has 0 unspecified atom stereocenters. The maximum Gasteiger partial charge on any atom is 0.0947 e. The Balaban J connectivity index is 1.75. The van der Waals surface area contributed by atoms with Gasteiger partial charge in [-0.1, -0.05) is 18.2 Å². The van der Waals surface area contributed by atoms with Gasteiger partial charge in [0.2, 0.25) is 0 Å². The van der Waals surface area contributed by atoms with Crippen LogP contribution < -0.4 is 5.32 Å². The van der Waals surface area contributed by atoms with Crippen LogP contribution in [-0.4, -0.2) is 9.78 Å². The van der Waals surface area contributed by atoms with Gasteiger partial charge in [0, 0.05) is 31.1 Å². The predicted molar refractivity (Wildman–Crippen MR) is 70.0 cm³/mol. The summed E-state index contributed by atoms with van der Waals surface area (Å²) < 4.78 is 6.95. The van der Waals surface area contributed by atoms with Crippen molar-refractivity contribution in [2.45, 2.75) is 13.1 Å². The monoisotopic (exact) mass is 241 g/mol. The summed E-state index contributed by atoms with van der Waals surface area (Å²) in [4.78, 5) is 0. The topological polar surface area (TPSA) is 43.0 Å². The first-order valence-corrected chi connectivity index (χ1v) is 5.97. The summed E-state index contributed by atoms with van der Waals surface area (Å²) in [5, 5.41) is 9.12. The molecule has 92 valence electrons. The number of nitrogens with zero attached hydrogens (tertiary/aromatic N) is 2. The van der Waals surface area contributed by atoms with Crippen molar-refractivity contribution in [1.82, 2.24) is 15.1 Å². The Morgan fingerprint density at radius 2 is 2.11 bits per heavy atom. The van der Waals surface area contributed by atoms with Gasteiger partial charge in [0.25, 0.3) is 0 Å². The molecular weight excluding hydrogens is 226 g/mol. The second-order valence-corrected chi connectivity index (χ2v) is 4.32. The number of rotatable bonds is 4.